The van der Waals surface area contributed by atoms with Crippen LogP contribution in [0.4, 0.5) is 4.79 Å². The number of rotatable bonds is 7. The third kappa shape index (κ3) is 5.36. The Morgan fingerprint density at radius 1 is 1.35 bits per heavy atom. The van der Waals surface area contributed by atoms with E-state index in [1.54, 1.807) is 0 Å². The fourth-order valence-corrected chi connectivity index (χ4v) is 1.62. The summed E-state index contributed by atoms with van der Waals surface area (Å²) < 4.78 is 9.94. The Kier molecular flexibility index (Phi) is 6.10. The Labute approximate surface area is 101 Å². The molecule has 0 aliphatic carbocycles. The minimum absolute atomic E-state index is 0.176. The molecular formula is C13H18O4. The van der Waals surface area contributed by atoms with Gasteiger partial charge in [0.25, 0.3) is 0 Å². The van der Waals surface area contributed by atoms with E-state index >= 15 is 0 Å². The van der Waals surface area contributed by atoms with E-state index in [0.717, 1.165) is 5.56 Å². The zero-order valence-corrected chi connectivity index (χ0v) is 9.96. The quantitative estimate of drug-likeness (QED) is 0.742. The summed E-state index contributed by atoms with van der Waals surface area (Å²) in [7, 11) is 0. The van der Waals surface area contributed by atoms with Crippen LogP contribution >= 0.6 is 0 Å². The van der Waals surface area contributed by atoms with E-state index in [2.05, 4.69) is 4.74 Å². The van der Waals surface area contributed by atoms with Crippen molar-refractivity contribution in [2.75, 3.05) is 19.8 Å². The molecule has 1 rings (SSSR count). The van der Waals surface area contributed by atoms with Crippen molar-refractivity contribution in [3.05, 3.63) is 35.9 Å². The summed E-state index contributed by atoms with van der Waals surface area (Å²) in [4.78, 5) is 10.3. The van der Waals surface area contributed by atoms with Crippen molar-refractivity contribution in [3.63, 3.8) is 0 Å². The van der Waals surface area contributed by atoms with Crippen LogP contribution in [0.25, 0.3) is 0 Å². The Morgan fingerprint density at radius 2 is 2.06 bits per heavy atom. The van der Waals surface area contributed by atoms with E-state index in [0.29, 0.717) is 19.6 Å². The topological polar surface area (TPSA) is 55.8 Å². The fraction of sp³-hybridized carbons (Fsp3) is 0.462. The Morgan fingerprint density at radius 3 is 2.65 bits per heavy atom. The Balaban J connectivity index is 2.51. The minimum Gasteiger partial charge on any atom is -0.450 e. The smallest absolute Gasteiger partial charge is 0.450 e. The van der Waals surface area contributed by atoms with Crippen molar-refractivity contribution in [2.45, 2.75) is 19.3 Å². The number of benzene rings is 1. The normalized spacial score (nSPS) is 12.1. The molecular weight excluding hydrogens is 220 g/mol. The predicted octanol–water partition coefficient (Wildman–Crippen LogP) is 2.89. The molecule has 1 N–H and O–H groups in total. The fourth-order valence-electron chi connectivity index (χ4n) is 1.62. The maximum absolute atomic E-state index is 10.3. The minimum atomic E-state index is -1.23. The van der Waals surface area contributed by atoms with Crippen LogP contribution < -0.4 is 0 Å². The van der Waals surface area contributed by atoms with Gasteiger partial charge in [0.2, 0.25) is 0 Å². The molecule has 0 saturated heterocycles. The van der Waals surface area contributed by atoms with Crippen LogP contribution in [0.1, 0.15) is 24.8 Å². The molecule has 1 aromatic carbocycles. The van der Waals surface area contributed by atoms with Gasteiger partial charge < -0.3 is 14.6 Å². The van der Waals surface area contributed by atoms with Gasteiger partial charge in [0.05, 0.1) is 13.2 Å². The summed E-state index contributed by atoms with van der Waals surface area (Å²) in [6.07, 6.45) is -0.593. The zero-order valence-electron chi connectivity index (χ0n) is 9.96. The van der Waals surface area contributed by atoms with Gasteiger partial charge in [-0.2, -0.15) is 0 Å². The first-order valence-corrected chi connectivity index (χ1v) is 5.72. The van der Waals surface area contributed by atoms with E-state index in [9.17, 15) is 4.79 Å². The summed E-state index contributed by atoms with van der Waals surface area (Å²) in [5.41, 5.74) is 1.15. The molecule has 17 heavy (non-hydrogen) atoms. The number of carbonyl (C=O) groups is 1. The zero-order chi connectivity index (χ0) is 12.5. The highest BCUT2D eigenvalue weighted by molar-refractivity contribution is 5.56. The van der Waals surface area contributed by atoms with E-state index in [4.69, 9.17) is 9.84 Å². The van der Waals surface area contributed by atoms with E-state index in [1.807, 2.05) is 37.3 Å². The van der Waals surface area contributed by atoms with Crippen LogP contribution in [0, 0.1) is 0 Å². The maximum Gasteiger partial charge on any atom is 0.505 e. The lowest BCUT2D eigenvalue weighted by molar-refractivity contribution is 0.0798. The van der Waals surface area contributed by atoms with Gasteiger partial charge in [-0.05, 0) is 18.9 Å². The summed E-state index contributed by atoms with van der Waals surface area (Å²) in [6.45, 7) is 3.38. The lowest BCUT2D eigenvalue weighted by Gasteiger charge is -2.16. The molecule has 0 aromatic heterocycles. The van der Waals surface area contributed by atoms with Crippen LogP contribution in [0.2, 0.25) is 0 Å². The second kappa shape index (κ2) is 7.68. The molecule has 0 radical (unpaired) electrons. The van der Waals surface area contributed by atoms with Gasteiger partial charge in [0.15, 0.2) is 0 Å². The van der Waals surface area contributed by atoms with Crippen LogP contribution in [0.3, 0.4) is 0 Å². The van der Waals surface area contributed by atoms with Crippen molar-refractivity contribution in [1.29, 1.82) is 0 Å². The summed E-state index contributed by atoms with van der Waals surface area (Å²) in [5.74, 6) is 0.176. The van der Waals surface area contributed by atoms with Gasteiger partial charge >= 0.3 is 6.16 Å². The SMILES string of the molecule is CCOCC(CCOC(=O)O)c1ccccc1. The number of hydrogen-bond acceptors (Lipinski definition) is 3. The Bertz CT molecular complexity index is 323. The largest absolute Gasteiger partial charge is 0.505 e. The molecule has 0 saturated carbocycles. The highest BCUT2D eigenvalue weighted by Gasteiger charge is 2.12. The molecule has 4 heteroatoms. The average Bonchev–Trinajstić information content (AvgIpc) is 2.34. The molecule has 0 amide bonds. The van der Waals surface area contributed by atoms with Crippen molar-refractivity contribution < 1.29 is 19.4 Å². The standard InChI is InChI=1S/C13H18O4/c1-2-16-10-12(8-9-17-13(14)15)11-6-4-3-5-7-11/h3-7,12H,2,8-10H2,1H3,(H,14,15). The first-order chi connectivity index (χ1) is 8.24. The lowest BCUT2D eigenvalue weighted by atomic mass is 9.97. The average molecular weight is 238 g/mol. The highest BCUT2D eigenvalue weighted by Crippen LogP contribution is 2.19. The van der Waals surface area contributed by atoms with Gasteiger partial charge in [-0.25, -0.2) is 4.79 Å². The molecule has 1 unspecified atom stereocenters. The lowest BCUT2D eigenvalue weighted by Crippen LogP contribution is -2.12. The number of carboxylic acid groups (broad SMARTS) is 1. The molecule has 0 bridgehead atoms. The molecule has 1 atom stereocenters. The van der Waals surface area contributed by atoms with E-state index in [-0.39, 0.29) is 12.5 Å². The van der Waals surface area contributed by atoms with Crippen LogP contribution in [-0.2, 0) is 9.47 Å². The summed E-state index contributed by atoms with van der Waals surface area (Å²) >= 11 is 0. The molecule has 0 fully saturated rings. The van der Waals surface area contributed by atoms with Gasteiger partial charge in [-0.15, -0.1) is 0 Å². The van der Waals surface area contributed by atoms with Gasteiger partial charge in [-0.1, -0.05) is 30.3 Å². The second-order valence-electron chi connectivity index (χ2n) is 3.67. The third-order valence-electron chi connectivity index (χ3n) is 2.49. The van der Waals surface area contributed by atoms with Crippen LogP contribution in [-0.4, -0.2) is 31.1 Å². The van der Waals surface area contributed by atoms with Gasteiger partial charge in [-0.3, -0.25) is 0 Å². The summed E-state index contributed by atoms with van der Waals surface area (Å²) in [6, 6.07) is 9.92. The number of ether oxygens (including phenoxy) is 2. The number of hydrogen-bond donors (Lipinski definition) is 1. The summed E-state index contributed by atoms with van der Waals surface area (Å²) in [5, 5.41) is 8.42. The molecule has 0 aliphatic heterocycles. The molecule has 4 nitrogen and oxygen atoms in total. The van der Waals surface area contributed by atoms with E-state index < -0.39 is 6.16 Å². The van der Waals surface area contributed by atoms with Crippen molar-refractivity contribution in [2.24, 2.45) is 0 Å². The maximum atomic E-state index is 10.3. The predicted molar refractivity (Wildman–Crippen MR) is 64.3 cm³/mol. The van der Waals surface area contributed by atoms with E-state index in [1.165, 1.54) is 0 Å². The monoisotopic (exact) mass is 238 g/mol. The van der Waals surface area contributed by atoms with Crippen LogP contribution in [0.5, 0.6) is 0 Å². The molecule has 0 aliphatic rings. The first kappa shape index (κ1) is 13.5. The molecule has 1 aromatic rings. The van der Waals surface area contributed by atoms with Crippen LogP contribution in [0.15, 0.2) is 30.3 Å². The van der Waals surface area contributed by atoms with Gasteiger partial charge in [0.1, 0.15) is 0 Å². The second-order valence-corrected chi connectivity index (χ2v) is 3.67. The molecule has 94 valence electrons. The first-order valence-electron chi connectivity index (χ1n) is 5.72. The highest BCUT2D eigenvalue weighted by atomic mass is 16.7. The molecule has 0 spiro atoms. The Hall–Kier alpha value is -1.55. The van der Waals surface area contributed by atoms with Crippen molar-refractivity contribution >= 4 is 6.16 Å². The van der Waals surface area contributed by atoms with Crippen molar-refractivity contribution in [3.8, 4) is 0 Å². The third-order valence-corrected chi connectivity index (χ3v) is 2.49. The van der Waals surface area contributed by atoms with Crippen molar-refractivity contribution in [1.82, 2.24) is 0 Å². The molecule has 0 heterocycles. The van der Waals surface area contributed by atoms with Gasteiger partial charge in [0, 0.05) is 12.5 Å².